The topological polar surface area (TPSA) is 59.2 Å². The number of fused-ring (bicyclic) bond motifs is 1. The third-order valence-corrected chi connectivity index (χ3v) is 5.93. The van der Waals surface area contributed by atoms with E-state index in [1.165, 1.54) is 11.1 Å². The van der Waals surface area contributed by atoms with Gasteiger partial charge in [-0.1, -0.05) is 29.4 Å². The second-order valence-corrected chi connectivity index (χ2v) is 7.65. The van der Waals surface area contributed by atoms with Crippen LogP contribution in [0.1, 0.15) is 79.2 Å². The molecule has 2 fully saturated rings. The molecule has 1 aromatic carbocycles. The number of amides is 1. The molecule has 5 nitrogen and oxygen atoms in total. The van der Waals surface area contributed by atoms with Gasteiger partial charge >= 0.3 is 0 Å². The van der Waals surface area contributed by atoms with Gasteiger partial charge in [-0.2, -0.15) is 4.98 Å². The molecule has 5 rings (SSSR count). The molecule has 2 atom stereocenters. The summed E-state index contributed by atoms with van der Waals surface area (Å²) >= 11 is 0. The Hall–Kier alpha value is -2.17. The van der Waals surface area contributed by atoms with E-state index in [0.29, 0.717) is 24.1 Å². The standard InChI is InChI=1S/C20H23N3O2/c24-18(12-15-10-7-13-4-1-2-5-16(13)15)23-11-3-6-17(23)19-21-20(25-22-19)14-8-9-14/h1-2,4-5,14-15,17H,3,6-12H2/t15-,17-/m0/s1. The summed E-state index contributed by atoms with van der Waals surface area (Å²) in [5.74, 6) is 2.53. The number of hydrogen-bond acceptors (Lipinski definition) is 4. The van der Waals surface area contributed by atoms with Gasteiger partial charge in [0.15, 0.2) is 5.82 Å². The number of rotatable bonds is 4. The fourth-order valence-electron chi connectivity index (χ4n) is 4.40. The molecule has 0 bridgehead atoms. The predicted octanol–water partition coefficient (Wildman–Crippen LogP) is 3.73. The van der Waals surface area contributed by atoms with Crippen molar-refractivity contribution in [1.29, 1.82) is 0 Å². The summed E-state index contributed by atoms with van der Waals surface area (Å²) in [6, 6.07) is 8.55. The van der Waals surface area contributed by atoms with Crippen LogP contribution in [0.4, 0.5) is 0 Å². The Kier molecular flexibility index (Phi) is 3.61. The molecule has 0 radical (unpaired) electrons. The number of carbonyl (C=O) groups is 1. The molecule has 3 aliphatic rings. The van der Waals surface area contributed by atoms with Gasteiger partial charge in [-0.05, 0) is 55.6 Å². The molecular weight excluding hydrogens is 314 g/mol. The lowest BCUT2D eigenvalue weighted by Crippen LogP contribution is -2.32. The fraction of sp³-hybridized carbons (Fsp3) is 0.550. The van der Waals surface area contributed by atoms with Crippen LogP contribution in [0.15, 0.2) is 28.8 Å². The molecule has 1 aliphatic heterocycles. The Balaban J connectivity index is 1.31. The van der Waals surface area contributed by atoms with Crippen molar-refractivity contribution in [1.82, 2.24) is 15.0 Å². The number of hydrogen-bond donors (Lipinski definition) is 0. The maximum absolute atomic E-state index is 13.0. The number of likely N-dealkylation sites (tertiary alicyclic amines) is 1. The van der Waals surface area contributed by atoms with Crippen molar-refractivity contribution < 1.29 is 9.32 Å². The zero-order chi connectivity index (χ0) is 16.8. The van der Waals surface area contributed by atoms with Crippen molar-refractivity contribution >= 4 is 5.91 Å². The summed E-state index contributed by atoms with van der Waals surface area (Å²) in [6.45, 7) is 0.811. The first-order valence-electron chi connectivity index (χ1n) is 9.50. The maximum atomic E-state index is 13.0. The predicted molar refractivity (Wildman–Crippen MR) is 92.1 cm³/mol. The third-order valence-electron chi connectivity index (χ3n) is 5.93. The number of aryl methyl sites for hydroxylation is 1. The van der Waals surface area contributed by atoms with Gasteiger partial charge in [0.1, 0.15) is 0 Å². The van der Waals surface area contributed by atoms with Crippen LogP contribution in [0.5, 0.6) is 0 Å². The minimum absolute atomic E-state index is 0.000367. The normalized spacial score (nSPS) is 25.4. The molecule has 5 heteroatoms. The molecule has 1 saturated carbocycles. The summed E-state index contributed by atoms with van der Waals surface area (Å²) < 4.78 is 5.41. The number of benzene rings is 1. The smallest absolute Gasteiger partial charge is 0.229 e. The molecule has 1 amide bonds. The van der Waals surface area contributed by atoms with Gasteiger partial charge in [0.25, 0.3) is 0 Å². The number of carbonyl (C=O) groups excluding carboxylic acids is 1. The molecule has 1 saturated heterocycles. The van der Waals surface area contributed by atoms with Gasteiger partial charge in [0.05, 0.1) is 6.04 Å². The van der Waals surface area contributed by atoms with Crippen LogP contribution in [0.3, 0.4) is 0 Å². The Morgan fingerprint density at radius 2 is 2.08 bits per heavy atom. The Morgan fingerprint density at radius 1 is 1.20 bits per heavy atom. The number of nitrogens with zero attached hydrogens (tertiary/aromatic N) is 3. The van der Waals surface area contributed by atoms with Crippen LogP contribution >= 0.6 is 0 Å². The summed E-state index contributed by atoms with van der Waals surface area (Å²) in [4.78, 5) is 19.6. The van der Waals surface area contributed by atoms with Crippen molar-refractivity contribution in [2.75, 3.05) is 6.54 Å². The zero-order valence-corrected chi connectivity index (χ0v) is 14.4. The van der Waals surface area contributed by atoms with Gasteiger partial charge in [0, 0.05) is 18.9 Å². The molecular formula is C20H23N3O2. The van der Waals surface area contributed by atoms with Crippen molar-refractivity contribution in [3.63, 3.8) is 0 Å². The van der Waals surface area contributed by atoms with Crippen molar-refractivity contribution in [2.45, 2.75) is 62.8 Å². The van der Waals surface area contributed by atoms with Crippen LogP contribution < -0.4 is 0 Å². The molecule has 1 aromatic heterocycles. The van der Waals surface area contributed by atoms with Crippen molar-refractivity contribution in [3.8, 4) is 0 Å². The van der Waals surface area contributed by atoms with Crippen LogP contribution in [-0.4, -0.2) is 27.5 Å². The lowest BCUT2D eigenvalue weighted by Gasteiger charge is -2.24. The van der Waals surface area contributed by atoms with E-state index in [-0.39, 0.29) is 11.9 Å². The Labute approximate surface area is 147 Å². The average Bonchev–Trinajstić information content (AvgIpc) is 3.04. The highest BCUT2D eigenvalue weighted by Crippen LogP contribution is 2.41. The van der Waals surface area contributed by atoms with E-state index in [2.05, 4.69) is 34.4 Å². The van der Waals surface area contributed by atoms with Crippen molar-refractivity contribution in [3.05, 3.63) is 47.1 Å². The van der Waals surface area contributed by atoms with Gasteiger partial charge in [-0.15, -0.1) is 0 Å². The van der Waals surface area contributed by atoms with Gasteiger partial charge < -0.3 is 9.42 Å². The molecule has 0 unspecified atom stereocenters. The Bertz CT molecular complexity index is 796. The van der Waals surface area contributed by atoms with E-state index in [0.717, 1.165) is 51.0 Å². The second-order valence-electron chi connectivity index (χ2n) is 7.65. The van der Waals surface area contributed by atoms with E-state index >= 15 is 0 Å². The largest absolute Gasteiger partial charge is 0.339 e. The zero-order valence-electron chi connectivity index (χ0n) is 14.4. The molecule has 25 heavy (non-hydrogen) atoms. The van der Waals surface area contributed by atoms with Crippen LogP contribution in [0, 0.1) is 0 Å². The third kappa shape index (κ3) is 2.75. The van der Waals surface area contributed by atoms with Gasteiger partial charge in [-0.25, -0.2) is 0 Å². The van der Waals surface area contributed by atoms with Crippen LogP contribution in [0.25, 0.3) is 0 Å². The highest BCUT2D eigenvalue weighted by molar-refractivity contribution is 5.78. The summed E-state index contributed by atoms with van der Waals surface area (Å²) in [7, 11) is 0. The number of aromatic nitrogens is 2. The highest BCUT2D eigenvalue weighted by atomic mass is 16.5. The van der Waals surface area contributed by atoms with Crippen LogP contribution in [-0.2, 0) is 11.2 Å². The SMILES string of the molecule is O=C(C[C@@H]1CCc2ccccc21)N1CCC[C@H]1c1noc(C2CC2)n1. The van der Waals surface area contributed by atoms with E-state index < -0.39 is 0 Å². The van der Waals surface area contributed by atoms with E-state index in [1.54, 1.807) is 0 Å². The molecule has 2 heterocycles. The lowest BCUT2D eigenvalue weighted by molar-refractivity contribution is -0.132. The Morgan fingerprint density at radius 3 is 2.96 bits per heavy atom. The molecule has 2 aromatic rings. The first-order chi connectivity index (χ1) is 12.3. The summed E-state index contributed by atoms with van der Waals surface area (Å²) in [5, 5.41) is 4.18. The minimum Gasteiger partial charge on any atom is -0.339 e. The first kappa shape index (κ1) is 15.1. The summed E-state index contributed by atoms with van der Waals surface area (Å²) in [6.07, 6.45) is 7.03. The molecule has 0 N–H and O–H groups in total. The summed E-state index contributed by atoms with van der Waals surface area (Å²) in [5.41, 5.74) is 2.77. The van der Waals surface area contributed by atoms with Crippen molar-refractivity contribution in [2.24, 2.45) is 0 Å². The first-order valence-corrected chi connectivity index (χ1v) is 9.50. The van der Waals surface area contributed by atoms with E-state index in [9.17, 15) is 4.79 Å². The fourth-order valence-corrected chi connectivity index (χ4v) is 4.40. The molecule has 2 aliphatic carbocycles. The highest BCUT2D eigenvalue weighted by Gasteiger charge is 2.37. The monoisotopic (exact) mass is 337 g/mol. The van der Waals surface area contributed by atoms with Gasteiger partial charge in [-0.3, -0.25) is 4.79 Å². The van der Waals surface area contributed by atoms with Gasteiger partial charge in [0.2, 0.25) is 11.8 Å². The maximum Gasteiger partial charge on any atom is 0.229 e. The average molecular weight is 337 g/mol. The quantitative estimate of drug-likeness (QED) is 0.853. The minimum atomic E-state index is 0.000367. The molecule has 0 spiro atoms. The van der Waals surface area contributed by atoms with E-state index in [1.807, 2.05) is 4.90 Å². The van der Waals surface area contributed by atoms with Crippen LogP contribution in [0.2, 0.25) is 0 Å². The van der Waals surface area contributed by atoms with E-state index in [4.69, 9.17) is 4.52 Å². The second kappa shape index (κ2) is 5.97. The molecule has 130 valence electrons. The lowest BCUT2D eigenvalue weighted by atomic mass is 9.97.